The van der Waals surface area contributed by atoms with Crippen molar-refractivity contribution in [2.45, 2.75) is 52.4 Å². The van der Waals surface area contributed by atoms with Gasteiger partial charge in [-0.25, -0.2) is 34.9 Å². The van der Waals surface area contributed by atoms with Crippen LogP contribution in [0.1, 0.15) is 52.7 Å². The van der Waals surface area contributed by atoms with Gasteiger partial charge in [0.25, 0.3) is 0 Å². The Morgan fingerprint density at radius 2 is 0.659 bits per heavy atom. The smallest absolute Gasteiger partial charge is 0.164 e. The predicted molar refractivity (Wildman–Crippen MR) is 335 cm³/mol. The maximum absolute atomic E-state index is 5.50. The standard InChI is InChI=1S/C73H57N9/c1-72(2,3)51-36-39-62-57(42-51)53-31-19-21-33-60(53)81(62)64-45-74-65(82-61-34-22-20-32-54(61)58-43-52(73(4,5)6)37-40-63(58)82)44-56(64)50-35-38-55(70-77-66(46-23-11-7-12-24-46)75-67(78-70)47-25-13-8-14-26-47)59(41-50)71-79-68(48-27-15-9-16-28-48)76-69(80-71)49-29-17-10-18-30-49/h7-45H,1-6H3. The average Bonchev–Trinajstić information content (AvgIpc) is 4.26. The van der Waals surface area contributed by atoms with Crippen LogP contribution in [-0.2, 0) is 10.8 Å². The highest BCUT2D eigenvalue weighted by Gasteiger charge is 2.26. The van der Waals surface area contributed by atoms with Crippen LogP contribution in [0.25, 0.3) is 135 Å². The molecular weight excluding hydrogens is 1000 g/mol. The number of rotatable bonds is 9. The molecule has 0 atom stereocenters. The maximum Gasteiger partial charge on any atom is 0.164 e. The van der Waals surface area contributed by atoms with Gasteiger partial charge in [-0.1, -0.05) is 217 Å². The number of hydrogen-bond donors (Lipinski definition) is 0. The lowest BCUT2D eigenvalue weighted by Gasteiger charge is -2.20. The molecule has 5 heterocycles. The van der Waals surface area contributed by atoms with E-state index in [1.54, 1.807) is 0 Å². The summed E-state index contributed by atoms with van der Waals surface area (Å²) in [5.74, 6) is 3.90. The quantitative estimate of drug-likeness (QED) is 0.142. The first kappa shape index (κ1) is 50.0. The molecule has 0 spiro atoms. The van der Waals surface area contributed by atoms with E-state index in [0.717, 1.165) is 77.9 Å². The summed E-state index contributed by atoms with van der Waals surface area (Å²) in [6, 6.07) is 80.3. The number of pyridine rings is 1. The van der Waals surface area contributed by atoms with E-state index in [2.05, 4.69) is 166 Å². The molecule has 0 unspecified atom stereocenters. The summed E-state index contributed by atoms with van der Waals surface area (Å²) in [5.41, 5.74) is 14.4. The number of hydrogen-bond acceptors (Lipinski definition) is 7. The minimum absolute atomic E-state index is 0.0416. The molecule has 0 bridgehead atoms. The van der Waals surface area contributed by atoms with Gasteiger partial charge in [-0.3, -0.25) is 4.57 Å². The van der Waals surface area contributed by atoms with Crippen molar-refractivity contribution in [3.8, 4) is 91.0 Å². The van der Waals surface area contributed by atoms with Crippen LogP contribution >= 0.6 is 0 Å². The molecule has 9 nitrogen and oxygen atoms in total. The molecule has 0 aliphatic rings. The van der Waals surface area contributed by atoms with Crippen LogP contribution in [-0.4, -0.2) is 44.0 Å². The van der Waals surface area contributed by atoms with Crippen LogP contribution in [0.4, 0.5) is 0 Å². The molecular formula is C73H57N9. The third kappa shape index (κ3) is 8.97. The van der Waals surface area contributed by atoms with Gasteiger partial charge in [0.2, 0.25) is 0 Å². The lowest BCUT2D eigenvalue weighted by Crippen LogP contribution is -2.10. The van der Waals surface area contributed by atoms with Gasteiger partial charge in [0.1, 0.15) is 5.82 Å². The largest absolute Gasteiger partial charge is 0.307 e. The summed E-state index contributed by atoms with van der Waals surface area (Å²) in [6.45, 7) is 13.6. The maximum atomic E-state index is 5.50. The third-order valence-electron chi connectivity index (χ3n) is 15.6. The summed E-state index contributed by atoms with van der Waals surface area (Å²) >= 11 is 0. The van der Waals surface area contributed by atoms with E-state index in [9.17, 15) is 0 Å². The van der Waals surface area contributed by atoms with Crippen molar-refractivity contribution < 1.29 is 0 Å². The average molecular weight is 1060 g/mol. The SMILES string of the molecule is CC(C)(C)c1ccc2c(c1)c1ccccc1n2-c1cc(-c2ccc(-c3nc(-c4ccccc4)nc(-c4ccccc4)n3)c(-c3nc(-c4ccccc4)nc(-c4ccccc4)n3)c2)c(-n2c3ccccc3c3cc(C(C)(C)C)ccc32)cn1. The summed E-state index contributed by atoms with van der Waals surface area (Å²) in [7, 11) is 0. The van der Waals surface area contributed by atoms with Crippen LogP contribution < -0.4 is 0 Å². The van der Waals surface area contributed by atoms with E-state index in [-0.39, 0.29) is 10.8 Å². The molecule has 0 saturated carbocycles. The molecule has 0 saturated heterocycles. The molecule has 82 heavy (non-hydrogen) atoms. The second kappa shape index (κ2) is 19.8. The fourth-order valence-electron chi connectivity index (χ4n) is 11.3. The molecule has 14 rings (SSSR count). The van der Waals surface area contributed by atoms with Gasteiger partial charge < -0.3 is 4.57 Å². The second-order valence-electron chi connectivity index (χ2n) is 23.1. The van der Waals surface area contributed by atoms with Crippen LogP contribution in [0.5, 0.6) is 0 Å². The number of para-hydroxylation sites is 2. The molecule has 394 valence electrons. The van der Waals surface area contributed by atoms with Crippen molar-refractivity contribution in [2.75, 3.05) is 0 Å². The molecule has 0 radical (unpaired) electrons. The van der Waals surface area contributed by atoms with Crippen LogP contribution in [0.2, 0.25) is 0 Å². The van der Waals surface area contributed by atoms with E-state index in [0.29, 0.717) is 40.5 Å². The van der Waals surface area contributed by atoms with Crippen molar-refractivity contribution in [3.05, 3.63) is 248 Å². The molecule has 9 aromatic carbocycles. The number of fused-ring (bicyclic) bond motifs is 6. The van der Waals surface area contributed by atoms with Crippen molar-refractivity contribution in [1.29, 1.82) is 0 Å². The molecule has 0 fully saturated rings. The van der Waals surface area contributed by atoms with E-state index < -0.39 is 0 Å². The normalized spacial score (nSPS) is 12.0. The lowest BCUT2D eigenvalue weighted by atomic mass is 9.86. The van der Waals surface area contributed by atoms with Crippen molar-refractivity contribution in [2.24, 2.45) is 0 Å². The Morgan fingerprint density at radius 3 is 1.11 bits per heavy atom. The van der Waals surface area contributed by atoms with E-state index >= 15 is 0 Å². The first-order valence-corrected chi connectivity index (χ1v) is 27.9. The zero-order chi connectivity index (χ0) is 55.7. The Hall–Kier alpha value is -10.3. The van der Waals surface area contributed by atoms with Crippen LogP contribution in [0.15, 0.2) is 237 Å². The van der Waals surface area contributed by atoms with Crippen molar-refractivity contribution in [3.63, 3.8) is 0 Å². The van der Waals surface area contributed by atoms with Crippen LogP contribution in [0, 0.1) is 0 Å². The summed E-state index contributed by atoms with van der Waals surface area (Å²) in [5, 5.41) is 4.69. The highest BCUT2D eigenvalue weighted by atomic mass is 15.1. The lowest BCUT2D eigenvalue weighted by molar-refractivity contribution is 0.591. The first-order chi connectivity index (χ1) is 39.9. The highest BCUT2D eigenvalue weighted by Crippen LogP contribution is 2.43. The Labute approximate surface area is 476 Å². The van der Waals surface area contributed by atoms with E-state index in [1.165, 1.54) is 27.3 Å². The Morgan fingerprint density at radius 1 is 0.280 bits per heavy atom. The zero-order valence-corrected chi connectivity index (χ0v) is 46.5. The van der Waals surface area contributed by atoms with Gasteiger partial charge in [-0.05, 0) is 82.1 Å². The minimum Gasteiger partial charge on any atom is -0.307 e. The first-order valence-electron chi connectivity index (χ1n) is 27.9. The summed E-state index contributed by atoms with van der Waals surface area (Å²) in [6.07, 6.45) is 2.06. The van der Waals surface area contributed by atoms with Gasteiger partial charge in [-0.15, -0.1) is 0 Å². The topological polar surface area (TPSA) is 100 Å². The minimum atomic E-state index is -0.0576. The van der Waals surface area contributed by atoms with E-state index in [4.69, 9.17) is 34.9 Å². The summed E-state index contributed by atoms with van der Waals surface area (Å²) in [4.78, 5) is 37.2. The van der Waals surface area contributed by atoms with Gasteiger partial charge in [0.15, 0.2) is 34.9 Å². The molecule has 0 aliphatic carbocycles. The van der Waals surface area contributed by atoms with Crippen molar-refractivity contribution in [1.82, 2.24) is 44.0 Å². The fraction of sp³-hybridized carbons (Fsp3) is 0.110. The molecule has 9 heteroatoms. The van der Waals surface area contributed by atoms with Gasteiger partial charge in [0, 0.05) is 60.5 Å². The number of aromatic nitrogens is 9. The fourth-order valence-corrected chi connectivity index (χ4v) is 11.3. The molecule has 5 aromatic heterocycles. The highest BCUT2D eigenvalue weighted by molar-refractivity contribution is 6.11. The van der Waals surface area contributed by atoms with Crippen LogP contribution in [0.3, 0.4) is 0 Å². The Kier molecular flexibility index (Phi) is 12.1. The van der Waals surface area contributed by atoms with Gasteiger partial charge >= 0.3 is 0 Å². The Balaban J connectivity index is 1.09. The Bertz CT molecular complexity index is 4630. The van der Waals surface area contributed by atoms with Gasteiger partial charge in [0.05, 0.1) is 34.0 Å². The van der Waals surface area contributed by atoms with E-state index in [1.807, 2.05) is 121 Å². The van der Waals surface area contributed by atoms with Gasteiger partial charge in [-0.2, -0.15) is 0 Å². The monoisotopic (exact) mass is 1060 g/mol. The van der Waals surface area contributed by atoms with Crippen molar-refractivity contribution >= 4 is 43.6 Å². The predicted octanol–water partition coefficient (Wildman–Crippen LogP) is 17.9. The molecule has 14 aromatic rings. The number of nitrogens with zero attached hydrogens (tertiary/aromatic N) is 9. The molecule has 0 N–H and O–H groups in total. The third-order valence-corrected chi connectivity index (χ3v) is 15.6. The zero-order valence-electron chi connectivity index (χ0n) is 46.5. The number of benzene rings is 9. The molecule has 0 amide bonds. The second-order valence-corrected chi connectivity index (χ2v) is 23.1. The summed E-state index contributed by atoms with van der Waals surface area (Å²) < 4.78 is 4.69. The molecule has 0 aliphatic heterocycles.